The standard InChI is InChI=1S/C13H20N4O4S.C7H8O3S/c1-22(20,21)16-12(18)6-9-5-11(15-8-9)13(19)17-4-2-3-10(17)7-14;1-6-2-4-7(5-3-6)11(8,9)10/h9-11,15H,2-6,8H2,1H3,(H,16,18);2-5H,1H3,(H,8,9,10)/t9-,10+,11+;/m1./s1. The van der Waals surface area contributed by atoms with Gasteiger partial charge in [0, 0.05) is 13.0 Å². The van der Waals surface area contributed by atoms with Crippen molar-refractivity contribution in [3.8, 4) is 6.07 Å². The summed E-state index contributed by atoms with van der Waals surface area (Å²) in [6.07, 6.45) is 3.00. The van der Waals surface area contributed by atoms with E-state index in [9.17, 15) is 26.4 Å². The molecule has 11 nitrogen and oxygen atoms in total. The van der Waals surface area contributed by atoms with Crippen LogP contribution in [0.5, 0.6) is 0 Å². The van der Waals surface area contributed by atoms with E-state index < -0.39 is 32.1 Å². The van der Waals surface area contributed by atoms with Crippen molar-refractivity contribution < 1.29 is 31.0 Å². The van der Waals surface area contributed by atoms with Crippen LogP contribution in [-0.4, -0.2) is 69.5 Å². The van der Waals surface area contributed by atoms with Crippen LogP contribution in [0.3, 0.4) is 0 Å². The fraction of sp³-hybridized carbons (Fsp3) is 0.550. The Morgan fingerprint density at radius 2 is 1.88 bits per heavy atom. The number of carbonyl (C=O) groups excluding carboxylic acids is 2. The van der Waals surface area contributed by atoms with Gasteiger partial charge >= 0.3 is 0 Å². The van der Waals surface area contributed by atoms with Crippen LogP contribution in [0.4, 0.5) is 0 Å². The van der Waals surface area contributed by atoms with Gasteiger partial charge in [-0.15, -0.1) is 0 Å². The van der Waals surface area contributed by atoms with Crippen LogP contribution in [0.15, 0.2) is 29.2 Å². The van der Waals surface area contributed by atoms with E-state index in [1.54, 1.807) is 17.0 Å². The zero-order valence-electron chi connectivity index (χ0n) is 18.4. The number of rotatable bonds is 5. The number of nitrogens with zero attached hydrogens (tertiary/aromatic N) is 2. The predicted molar refractivity (Wildman–Crippen MR) is 119 cm³/mol. The number of amides is 2. The van der Waals surface area contributed by atoms with Crippen LogP contribution >= 0.6 is 0 Å². The molecule has 2 aliphatic rings. The molecule has 13 heteroatoms. The molecule has 2 heterocycles. The van der Waals surface area contributed by atoms with Crippen molar-refractivity contribution in [1.29, 1.82) is 5.26 Å². The van der Waals surface area contributed by atoms with E-state index in [4.69, 9.17) is 9.81 Å². The van der Waals surface area contributed by atoms with Crippen molar-refractivity contribution in [3.05, 3.63) is 29.8 Å². The minimum Gasteiger partial charge on any atom is -0.325 e. The largest absolute Gasteiger partial charge is 0.325 e. The van der Waals surface area contributed by atoms with Crippen molar-refractivity contribution in [3.63, 3.8) is 0 Å². The van der Waals surface area contributed by atoms with Crippen LogP contribution in [0, 0.1) is 24.2 Å². The number of aryl methyl sites for hydroxylation is 1. The average Bonchev–Trinajstić information content (AvgIpc) is 3.35. The van der Waals surface area contributed by atoms with E-state index in [1.165, 1.54) is 12.1 Å². The molecule has 0 aromatic heterocycles. The Morgan fingerprint density at radius 3 is 2.42 bits per heavy atom. The fourth-order valence-corrected chi connectivity index (χ4v) is 4.72. The van der Waals surface area contributed by atoms with Crippen molar-refractivity contribution in [2.75, 3.05) is 19.3 Å². The van der Waals surface area contributed by atoms with Gasteiger partial charge in [-0.25, -0.2) is 8.42 Å². The molecule has 0 aliphatic carbocycles. The fourth-order valence-electron chi connectivity index (χ4n) is 3.74. The minimum absolute atomic E-state index is 0.0610. The van der Waals surface area contributed by atoms with Gasteiger partial charge in [0.1, 0.15) is 6.04 Å². The Hall–Kier alpha value is -2.53. The van der Waals surface area contributed by atoms with Gasteiger partial charge < -0.3 is 10.2 Å². The van der Waals surface area contributed by atoms with Crippen LogP contribution in [0.25, 0.3) is 0 Å². The second-order valence-electron chi connectivity index (χ2n) is 8.17. The molecule has 0 saturated carbocycles. The Morgan fingerprint density at radius 1 is 1.24 bits per heavy atom. The lowest BCUT2D eigenvalue weighted by Crippen LogP contribution is -2.45. The third kappa shape index (κ3) is 8.39. The molecule has 2 fully saturated rings. The Balaban J connectivity index is 0.000000294. The van der Waals surface area contributed by atoms with E-state index in [0.29, 0.717) is 25.9 Å². The molecule has 0 unspecified atom stereocenters. The number of likely N-dealkylation sites (tertiary alicyclic amines) is 1. The summed E-state index contributed by atoms with van der Waals surface area (Å²) in [4.78, 5) is 25.5. The van der Waals surface area contributed by atoms with Gasteiger partial charge in [-0.05, 0) is 50.8 Å². The van der Waals surface area contributed by atoms with Crippen molar-refractivity contribution >= 4 is 32.0 Å². The molecule has 1 aromatic rings. The normalized spacial score (nSPS) is 22.7. The number of nitrogens with one attached hydrogen (secondary N) is 2. The molecule has 2 amide bonds. The lowest BCUT2D eigenvalue weighted by molar-refractivity contribution is -0.133. The lowest BCUT2D eigenvalue weighted by Gasteiger charge is -2.23. The molecule has 3 N–H and O–H groups in total. The quantitative estimate of drug-likeness (QED) is 0.477. The maximum atomic E-state index is 12.4. The van der Waals surface area contributed by atoms with E-state index in [2.05, 4.69) is 11.4 Å². The number of sulfonamides is 1. The van der Waals surface area contributed by atoms with Crippen molar-refractivity contribution in [2.45, 2.75) is 49.6 Å². The summed E-state index contributed by atoms with van der Waals surface area (Å²) in [6.45, 7) is 2.92. The minimum atomic E-state index is -4.02. The Bertz CT molecular complexity index is 1110. The molecule has 0 bridgehead atoms. The molecule has 0 spiro atoms. The maximum absolute atomic E-state index is 12.4. The molecule has 0 radical (unpaired) electrons. The van der Waals surface area contributed by atoms with E-state index >= 15 is 0 Å². The smallest absolute Gasteiger partial charge is 0.294 e. The van der Waals surface area contributed by atoms with E-state index in [-0.39, 0.29) is 29.2 Å². The predicted octanol–water partition coefficient (Wildman–Crippen LogP) is 0.187. The van der Waals surface area contributed by atoms with Crippen molar-refractivity contribution in [1.82, 2.24) is 14.9 Å². The lowest BCUT2D eigenvalue weighted by atomic mass is 10.0. The monoisotopic (exact) mass is 500 g/mol. The number of nitriles is 1. The average molecular weight is 501 g/mol. The summed E-state index contributed by atoms with van der Waals surface area (Å²) in [5, 5.41) is 12.1. The van der Waals surface area contributed by atoms with Gasteiger partial charge in [-0.2, -0.15) is 13.7 Å². The molecular weight excluding hydrogens is 472 g/mol. The summed E-state index contributed by atoms with van der Waals surface area (Å²) < 4.78 is 53.5. The molecule has 1 aromatic carbocycles. The van der Waals surface area contributed by atoms with E-state index in [0.717, 1.165) is 18.2 Å². The van der Waals surface area contributed by atoms with Crippen LogP contribution in [0.1, 0.15) is 31.2 Å². The Labute approximate surface area is 193 Å². The van der Waals surface area contributed by atoms with Gasteiger partial charge in [0.05, 0.1) is 23.3 Å². The third-order valence-electron chi connectivity index (χ3n) is 5.30. The number of hydrogen-bond acceptors (Lipinski definition) is 8. The zero-order chi connectivity index (χ0) is 24.8. The topological polar surface area (TPSA) is 174 Å². The van der Waals surface area contributed by atoms with Gasteiger partial charge in [-0.3, -0.25) is 18.9 Å². The first-order valence-corrected chi connectivity index (χ1v) is 13.6. The summed E-state index contributed by atoms with van der Waals surface area (Å²) in [5.74, 6) is -0.743. The highest BCUT2D eigenvalue weighted by molar-refractivity contribution is 7.89. The number of benzene rings is 1. The summed E-state index contributed by atoms with van der Waals surface area (Å²) in [6, 6.07) is 7.36. The van der Waals surface area contributed by atoms with Gasteiger partial charge in [0.25, 0.3) is 10.1 Å². The highest BCUT2D eigenvalue weighted by Crippen LogP contribution is 2.23. The zero-order valence-corrected chi connectivity index (χ0v) is 20.0. The summed E-state index contributed by atoms with van der Waals surface area (Å²) in [7, 11) is -7.57. The highest BCUT2D eigenvalue weighted by atomic mass is 32.2. The first-order chi connectivity index (χ1) is 15.3. The first kappa shape index (κ1) is 26.7. The van der Waals surface area contributed by atoms with Gasteiger partial charge in [0.15, 0.2) is 0 Å². The maximum Gasteiger partial charge on any atom is 0.294 e. The van der Waals surface area contributed by atoms with Crippen LogP contribution in [-0.2, 0) is 29.7 Å². The first-order valence-electron chi connectivity index (χ1n) is 10.3. The van der Waals surface area contributed by atoms with Crippen LogP contribution in [0.2, 0.25) is 0 Å². The molecule has 3 atom stereocenters. The second kappa shape index (κ2) is 11.1. The highest BCUT2D eigenvalue weighted by Gasteiger charge is 2.37. The SMILES string of the molecule is CS(=O)(=O)NC(=O)C[C@@H]1CN[C@H](C(=O)N2CCC[C@H]2C#N)C1.Cc1ccc(S(=O)(=O)O)cc1. The molecule has 2 saturated heterocycles. The number of carbonyl (C=O) groups is 2. The molecule has 3 rings (SSSR count). The molecule has 2 aliphatic heterocycles. The van der Waals surface area contributed by atoms with Crippen LogP contribution < -0.4 is 10.0 Å². The summed E-state index contributed by atoms with van der Waals surface area (Å²) in [5.41, 5.74) is 0.956. The van der Waals surface area contributed by atoms with E-state index in [1.807, 2.05) is 11.6 Å². The molecular formula is C20H28N4O7S2. The third-order valence-corrected chi connectivity index (χ3v) is 6.76. The Kier molecular flexibility index (Phi) is 8.96. The van der Waals surface area contributed by atoms with Gasteiger partial charge in [0.2, 0.25) is 21.8 Å². The van der Waals surface area contributed by atoms with Gasteiger partial charge in [-0.1, -0.05) is 17.7 Å². The molecule has 182 valence electrons. The molecule has 33 heavy (non-hydrogen) atoms. The second-order valence-corrected chi connectivity index (χ2v) is 11.3. The number of hydrogen-bond donors (Lipinski definition) is 3. The summed E-state index contributed by atoms with van der Waals surface area (Å²) >= 11 is 0. The van der Waals surface area contributed by atoms with Crippen molar-refractivity contribution in [2.24, 2.45) is 5.92 Å².